The molecular formula is C14H18N2O4S. The lowest BCUT2D eigenvalue weighted by atomic mass is 10.2. The number of sulfonamides is 1. The summed E-state index contributed by atoms with van der Waals surface area (Å²) in [5, 5.41) is 9.24. The number of carboxylic acids is 1. The van der Waals surface area contributed by atoms with Gasteiger partial charge in [0.1, 0.15) is 4.90 Å². The Bertz CT molecular complexity index is 778. The predicted octanol–water partition coefficient (Wildman–Crippen LogP) is 1.63. The van der Waals surface area contributed by atoms with E-state index in [1.54, 1.807) is 19.1 Å². The lowest BCUT2D eigenvalue weighted by molar-refractivity contribution is -0.137. The van der Waals surface area contributed by atoms with Gasteiger partial charge in [-0.15, -0.1) is 0 Å². The Hall–Kier alpha value is -1.86. The third kappa shape index (κ3) is 3.08. The van der Waals surface area contributed by atoms with Crippen molar-refractivity contribution < 1.29 is 18.3 Å². The molecule has 0 fully saturated rings. The fraction of sp³-hybridized carbons (Fsp3) is 0.357. The van der Waals surface area contributed by atoms with E-state index in [1.165, 1.54) is 0 Å². The zero-order valence-electron chi connectivity index (χ0n) is 12.0. The maximum absolute atomic E-state index is 12.5. The average Bonchev–Trinajstić information content (AvgIpc) is 2.68. The number of carbonyl (C=O) groups is 1. The molecule has 0 radical (unpaired) electrons. The maximum Gasteiger partial charge on any atom is 0.303 e. The number of aliphatic carboxylic acids is 1. The Balaban J connectivity index is 2.32. The molecule has 1 heterocycles. The van der Waals surface area contributed by atoms with Crippen molar-refractivity contribution >= 4 is 26.9 Å². The van der Waals surface area contributed by atoms with E-state index >= 15 is 0 Å². The molecule has 7 heteroatoms. The number of hydrogen-bond acceptors (Lipinski definition) is 3. The highest BCUT2D eigenvalue weighted by molar-refractivity contribution is 7.89. The van der Waals surface area contributed by atoms with Gasteiger partial charge in [0.05, 0.1) is 0 Å². The standard InChI is InChI=1S/C14H18N2O4S/c1-10-14(11-6-3-4-7-12(11)16(10)2)21(19,20)15-9-5-8-13(17)18/h3-4,6-7,15H,5,8-9H2,1-2H3,(H,17,18). The lowest BCUT2D eigenvalue weighted by Crippen LogP contribution is -2.25. The molecular weight excluding hydrogens is 292 g/mol. The molecule has 2 rings (SSSR count). The molecule has 0 atom stereocenters. The number of fused-ring (bicyclic) bond motifs is 1. The molecule has 2 aromatic rings. The van der Waals surface area contributed by atoms with Crippen LogP contribution in [-0.2, 0) is 21.9 Å². The second kappa shape index (κ2) is 5.87. The molecule has 1 aromatic carbocycles. The summed E-state index contributed by atoms with van der Waals surface area (Å²) in [6.07, 6.45) is 0.204. The minimum atomic E-state index is -3.66. The number of para-hydroxylation sites is 1. The van der Waals surface area contributed by atoms with Gasteiger partial charge in [0.2, 0.25) is 10.0 Å². The number of aryl methyl sites for hydroxylation is 1. The molecule has 0 aliphatic carbocycles. The first kappa shape index (κ1) is 15.5. The Labute approximate surface area is 123 Å². The largest absolute Gasteiger partial charge is 0.481 e. The van der Waals surface area contributed by atoms with Gasteiger partial charge >= 0.3 is 5.97 Å². The molecule has 0 unspecified atom stereocenters. The number of nitrogens with zero attached hydrogens (tertiary/aromatic N) is 1. The third-order valence-electron chi connectivity index (χ3n) is 3.47. The zero-order valence-corrected chi connectivity index (χ0v) is 12.8. The highest BCUT2D eigenvalue weighted by Gasteiger charge is 2.23. The van der Waals surface area contributed by atoms with Crippen molar-refractivity contribution in [2.24, 2.45) is 7.05 Å². The molecule has 2 N–H and O–H groups in total. The second-order valence-electron chi connectivity index (χ2n) is 4.89. The molecule has 0 amide bonds. The van der Waals surface area contributed by atoms with E-state index in [4.69, 9.17) is 5.11 Å². The topological polar surface area (TPSA) is 88.4 Å². The van der Waals surface area contributed by atoms with Crippen molar-refractivity contribution in [3.05, 3.63) is 30.0 Å². The van der Waals surface area contributed by atoms with Gasteiger partial charge in [-0.1, -0.05) is 18.2 Å². The first-order valence-electron chi connectivity index (χ1n) is 6.60. The van der Waals surface area contributed by atoms with E-state index in [-0.39, 0.29) is 24.3 Å². The van der Waals surface area contributed by atoms with Gasteiger partial charge in [0.15, 0.2) is 0 Å². The average molecular weight is 310 g/mol. The summed E-state index contributed by atoms with van der Waals surface area (Å²) in [7, 11) is -1.84. The number of nitrogens with one attached hydrogen (secondary N) is 1. The second-order valence-corrected chi connectivity index (χ2v) is 6.59. The molecule has 0 bridgehead atoms. The van der Waals surface area contributed by atoms with Gasteiger partial charge in [-0.3, -0.25) is 4.79 Å². The van der Waals surface area contributed by atoms with Crippen molar-refractivity contribution in [2.45, 2.75) is 24.7 Å². The van der Waals surface area contributed by atoms with Crippen molar-refractivity contribution in [3.8, 4) is 0 Å². The SMILES string of the molecule is Cc1c(S(=O)(=O)NCCCC(=O)O)c2ccccc2n1C. The van der Waals surface area contributed by atoms with Crippen LogP contribution in [0.15, 0.2) is 29.2 Å². The van der Waals surface area contributed by atoms with Crippen molar-refractivity contribution in [1.29, 1.82) is 0 Å². The summed E-state index contributed by atoms with van der Waals surface area (Å²) in [5.41, 5.74) is 1.50. The van der Waals surface area contributed by atoms with Crippen LogP contribution in [0, 0.1) is 6.92 Å². The number of carboxylic acid groups (broad SMARTS) is 1. The molecule has 0 spiro atoms. The van der Waals surface area contributed by atoms with Gasteiger partial charge in [0.25, 0.3) is 0 Å². The highest BCUT2D eigenvalue weighted by atomic mass is 32.2. The van der Waals surface area contributed by atoms with Crippen LogP contribution in [0.5, 0.6) is 0 Å². The third-order valence-corrected chi connectivity index (χ3v) is 5.11. The number of hydrogen-bond donors (Lipinski definition) is 2. The minimum Gasteiger partial charge on any atom is -0.481 e. The first-order chi connectivity index (χ1) is 9.84. The van der Waals surface area contributed by atoms with Gasteiger partial charge in [-0.2, -0.15) is 0 Å². The first-order valence-corrected chi connectivity index (χ1v) is 8.08. The van der Waals surface area contributed by atoms with Crippen molar-refractivity contribution in [1.82, 2.24) is 9.29 Å². The van der Waals surface area contributed by atoms with Crippen LogP contribution in [0.1, 0.15) is 18.5 Å². The quantitative estimate of drug-likeness (QED) is 0.794. The van der Waals surface area contributed by atoms with Crippen molar-refractivity contribution in [3.63, 3.8) is 0 Å². The monoisotopic (exact) mass is 310 g/mol. The van der Waals surface area contributed by atoms with Gasteiger partial charge in [-0.05, 0) is 19.4 Å². The summed E-state index contributed by atoms with van der Waals surface area (Å²) >= 11 is 0. The number of rotatable bonds is 6. The summed E-state index contributed by atoms with van der Waals surface area (Å²) in [6.45, 7) is 1.86. The molecule has 0 aliphatic rings. The number of aromatic nitrogens is 1. The molecule has 0 saturated heterocycles. The van der Waals surface area contributed by atoms with E-state index in [1.807, 2.05) is 23.7 Å². The van der Waals surface area contributed by atoms with Gasteiger partial charge in [-0.25, -0.2) is 13.1 Å². The Morgan fingerprint density at radius 2 is 2.00 bits per heavy atom. The van der Waals surface area contributed by atoms with Crippen LogP contribution < -0.4 is 4.72 Å². The summed E-state index contributed by atoms with van der Waals surface area (Å²) < 4.78 is 29.2. The van der Waals surface area contributed by atoms with E-state index in [2.05, 4.69) is 4.72 Å². The van der Waals surface area contributed by atoms with Crippen LogP contribution in [0.3, 0.4) is 0 Å². The lowest BCUT2D eigenvalue weighted by Gasteiger charge is -2.06. The zero-order chi connectivity index (χ0) is 15.6. The smallest absolute Gasteiger partial charge is 0.303 e. The molecule has 21 heavy (non-hydrogen) atoms. The predicted molar refractivity (Wildman–Crippen MR) is 79.7 cm³/mol. The Morgan fingerprint density at radius 1 is 1.33 bits per heavy atom. The van der Waals surface area contributed by atoms with Crippen LogP contribution in [0.4, 0.5) is 0 Å². The van der Waals surface area contributed by atoms with Crippen LogP contribution >= 0.6 is 0 Å². The summed E-state index contributed by atoms with van der Waals surface area (Å²) in [4.78, 5) is 10.7. The molecule has 0 saturated carbocycles. The maximum atomic E-state index is 12.5. The molecule has 1 aromatic heterocycles. The Kier molecular flexibility index (Phi) is 4.34. The van der Waals surface area contributed by atoms with Gasteiger partial charge in [0, 0.05) is 36.6 Å². The Morgan fingerprint density at radius 3 is 2.67 bits per heavy atom. The van der Waals surface area contributed by atoms with Crippen LogP contribution in [0.25, 0.3) is 10.9 Å². The van der Waals surface area contributed by atoms with E-state index < -0.39 is 16.0 Å². The number of benzene rings is 1. The summed E-state index contributed by atoms with van der Waals surface area (Å²) in [5.74, 6) is -0.935. The van der Waals surface area contributed by atoms with Crippen LogP contribution in [-0.4, -0.2) is 30.6 Å². The van der Waals surface area contributed by atoms with Crippen molar-refractivity contribution in [2.75, 3.05) is 6.54 Å². The molecule has 0 aliphatic heterocycles. The summed E-state index contributed by atoms with van der Waals surface area (Å²) in [6, 6.07) is 7.30. The van der Waals surface area contributed by atoms with E-state index in [0.29, 0.717) is 11.1 Å². The normalized spacial score (nSPS) is 11.9. The van der Waals surface area contributed by atoms with E-state index in [0.717, 1.165) is 5.52 Å². The van der Waals surface area contributed by atoms with E-state index in [9.17, 15) is 13.2 Å². The fourth-order valence-corrected chi connectivity index (χ4v) is 3.89. The highest BCUT2D eigenvalue weighted by Crippen LogP contribution is 2.28. The molecule has 114 valence electrons. The molecule has 6 nitrogen and oxygen atoms in total. The van der Waals surface area contributed by atoms with Crippen LogP contribution in [0.2, 0.25) is 0 Å². The fourth-order valence-electron chi connectivity index (χ4n) is 2.34. The minimum absolute atomic E-state index is 0.0585. The van der Waals surface area contributed by atoms with Gasteiger partial charge < -0.3 is 9.67 Å².